The molecule has 0 bridgehead atoms. The Labute approximate surface area is 75.3 Å². The lowest BCUT2D eigenvalue weighted by molar-refractivity contribution is -0.560. The Bertz CT molecular complexity index is 271. The summed E-state index contributed by atoms with van der Waals surface area (Å²) in [6.07, 6.45) is -0.0775. The van der Waals surface area contributed by atoms with Crippen LogP contribution in [0.15, 0.2) is 0 Å². The van der Waals surface area contributed by atoms with Gasteiger partial charge in [-0.1, -0.05) is 0 Å². The number of hydrogen-bond donors (Lipinski definition) is 0. The van der Waals surface area contributed by atoms with Crippen molar-refractivity contribution in [2.75, 3.05) is 5.75 Å². The van der Waals surface area contributed by atoms with Crippen LogP contribution in [0.5, 0.6) is 0 Å². The van der Waals surface area contributed by atoms with Gasteiger partial charge >= 0.3 is 0 Å². The van der Waals surface area contributed by atoms with E-state index in [9.17, 15) is 18.5 Å². The van der Waals surface area contributed by atoms with E-state index in [4.69, 9.17) is 10.7 Å². The van der Waals surface area contributed by atoms with Crippen molar-refractivity contribution in [1.82, 2.24) is 0 Å². The fourth-order valence-corrected chi connectivity index (χ4v) is 1.44. The van der Waals surface area contributed by atoms with E-state index in [0.717, 1.165) is 0 Å². The summed E-state index contributed by atoms with van der Waals surface area (Å²) in [6, 6.07) is 0. The maximum absolute atomic E-state index is 10.4. The largest absolute Gasteiger partial charge is 0.264 e. The van der Waals surface area contributed by atoms with Gasteiger partial charge in [-0.05, 0) is 0 Å². The van der Waals surface area contributed by atoms with E-state index in [1.165, 1.54) is 13.8 Å². The molecule has 0 aliphatic heterocycles. The summed E-state index contributed by atoms with van der Waals surface area (Å²) in [7, 11) is 1.27. The Balaban J connectivity index is 4.20. The molecule has 0 radical (unpaired) electrons. The molecule has 0 atom stereocenters. The first-order valence-corrected chi connectivity index (χ1v) is 5.70. The molecule has 0 spiro atoms. The average molecular weight is 216 g/mol. The van der Waals surface area contributed by atoms with Crippen LogP contribution in [0.25, 0.3) is 0 Å². The normalized spacial score (nSPS) is 12.9. The molecule has 0 N–H and O–H groups in total. The van der Waals surface area contributed by atoms with Crippen LogP contribution in [0.2, 0.25) is 0 Å². The standard InChI is InChI=1S/C5H10ClNO4S/c1-5(2,7(8)9)3-4-12(6,10)11/h3-4H2,1-2H3. The molecular weight excluding hydrogens is 206 g/mol. The summed E-state index contributed by atoms with van der Waals surface area (Å²) < 4.78 is 20.9. The quantitative estimate of drug-likeness (QED) is 0.398. The van der Waals surface area contributed by atoms with E-state index in [2.05, 4.69) is 0 Å². The van der Waals surface area contributed by atoms with Crippen molar-refractivity contribution in [1.29, 1.82) is 0 Å². The summed E-state index contributed by atoms with van der Waals surface area (Å²) in [5, 5.41) is 10.3. The first-order valence-electron chi connectivity index (χ1n) is 3.22. The molecule has 0 rings (SSSR count). The molecule has 0 aromatic carbocycles. The summed E-state index contributed by atoms with van der Waals surface area (Å²) in [5.74, 6) is -0.372. The number of halogens is 1. The minimum atomic E-state index is -3.62. The maximum Gasteiger partial charge on any atom is 0.232 e. The molecule has 5 nitrogen and oxygen atoms in total. The zero-order valence-corrected chi connectivity index (χ0v) is 8.35. The minimum absolute atomic E-state index is 0.0775. The SMILES string of the molecule is CC(C)(CCS(=O)(=O)Cl)[N+](=O)[O-]. The Morgan fingerprint density at radius 2 is 1.92 bits per heavy atom. The van der Waals surface area contributed by atoms with Crippen molar-refractivity contribution < 1.29 is 13.3 Å². The van der Waals surface area contributed by atoms with Gasteiger partial charge in [0.25, 0.3) is 0 Å². The third-order valence-electron chi connectivity index (χ3n) is 1.45. The van der Waals surface area contributed by atoms with Gasteiger partial charge in [0.2, 0.25) is 14.6 Å². The van der Waals surface area contributed by atoms with Crippen LogP contribution < -0.4 is 0 Å². The fraction of sp³-hybridized carbons (Fsp3) is 1.00. The van der Waals surface area contributed by atoms with E-state index in [1.807, 2.05) is 0 Å². The predicted molar refractivity (Wildman–Crippen MR) is 45.3 cm³/mol. The predicted octanol–water partition coefficient (Wildman–Crippen LogP) is 1.00. The van der Waals surface area contributed by atoms with Crippen molar-refractivity contribution in [2.24, 2.45) is 0 Å². The summed E-state index contributed by atoms with van der Waals surface area (Å²) in [4.78, 5) is 9.79. The molecule has 7 heteroatoms. The highest BCUT2D eigenvalue weighted by Gasteiger charge is 2.31. The summed E-state index contributed by atoms with van der Waals surface area (Å²) in [5.41, 5.74) is -1.23. The minimum Gasteiger partial charge on any atom is -0.264 e. The van der Waals surface area contributed by atoms with Crippen LogP contribution >= 0.6 is 10.7 Å². The van der Waals surface area contributed by atoms with E-state index in [0.29, 0.717) is 0 Å². The molecular formula is C5H10ClNO4S. The summed E-state index contributed by atoms with van der Waals surface area (Å²) in [6.45, 7) is 2.71. The highest BCUT2D eigenvalue weighted by molar-refractivity contribution is 8.13. The van der Waals surface area contributed by atoms with Gasteiger partial charge in [0.15, 0.2) is 0 Å². The number of rotatable bonds is 4. The van der Waals surface area contributed by atoms with E-state index in [-0.39, 0.29) is 12.2 Å². The second-order valence-electron chi connectivity index (χ2n) is 3.06. The van der Waals surface area contributed by atoms with Gasteiger partial charge in [-0.3, -0.25) is 10.1 Å². The topological polar surface area (TPSA) is 77.3 Å². The molecule has 0 fully saturated rings. The van der Waals surface area contributed by atoms with Crippen LogP contribution in [-0.2, 0) is 9.05 Å². The van der Waals surface area contributed by atoms with Crippen molar-refractivity contribution in [3.63, 3.8) is 0 Å². The number of nitrogens with zero attached hydrogens (tertiary/aromatic N) is 1. The molecule has 0 saturated carbocycles. The van der Waals surface area contributed by atoms with E-state index in [1.54, 1.807) is 0 Å². The Hall–Kier alpha value is -0.360. The summed E-state index contributed by atoms with van der Waals surface area (Å²) >= 11 is 0. The van der Waals surface area contributed by atoms with Crippen LogP contribution in [0, 0.1) is 10.1 Å². The molecule has 0 aromatic heterocycles. The molecule has 0 aromatic rings. The molecule has 0 saturated heterocycles. The van der Waals surface area contributed by atoms with Crippen LogP contribution in [0.4, 0.5) is 0 Å². The van der Waals surface area contributed by atoms with Crippen LogP contribution in [0.1, 0.15) is 20.3 Å². The van der Waals surface area contributed by atoms with Crippen LogP contribution in [0.3, 0.4) is 0 Å². The maximum atomic E-state index is 10.4. The second kappa shape index (κ2) is 3.57. The molecule has 0 unspecified atom stereocenters. The van der Waals surface area contributed by atoms with Crippen molar-refractivity contribution in [3.05, 3.63) is 10.1 Å². The van der Waals surface area contributed by atoms with Gasteiger partial charge in [0.05, 0.1) is 5.75 Å². The molecule has 0 heterocycles. The molecule has 12 heavy (non-hydrogen) atoms. The monoisotopic (exact) mass is 215 g/mol. The van der Waals surface area contributed by atoms with Crippen LogP contribution in [-0.4, -0.2) is 24.6 Å². The lowest BCUT2D eigenvalue weighted by Gasteiger charge is -2.13. The van der Waals surface area contributed by atoms with Gasteiger partial charge in [-0.15, -0.1) is 0 Å². The molecule has 0 aliphatic carbocycles. The van der Waals surface area contributed by atoms with Crippen molar-refractivity contribution >= 4 is 19.7 Å². The molecule has 0 amide bonds. The zero-order valence-electron chi connectivity index (χ0n) is 6.78. The molecule has 72 valence electrons. The lowest BCUT2D eigenvalue weighted by atomic mass is 10.0. The van der Waals surface area contributed by atoms with Crippen molar-refractivity contribution in [2.45, 2.75) is 25.8 Å². The van der Waals surface area contributed by atoms with E-state index >= 15 is 0 Å². The van der Waals surface area contributed by atoms with Gasteiger partial charge in [-0.2, -0.15) is 0 Å². The third-order valence-corrected chi connectivity index (χ3v) is 2.61. The Morgan fingerprint density at radius 1 is 1.50 bits per heavy atom. The van der Waals surface area contributed by atoms with E-state index < -0.39 is 19.5 Å². The van der Waals surface area contributed by atoms with Gasteiger partial charge in [-0.25, -0.2) is 8.42 Å². The average Bonchev–Trinajstić information content (AvgIpc) is 1.82. The Morgan fingerprint density at radius 3 is 2.17 bits per heavy atom. The van der Waals surface area contributed by atoms with Gasteiger partial charge < -0.3 is 0 Å². The number of hydrogen-bond acceptors (Lipinski definition) is 4. The number of nitro groups is 1. The smallest absolute Gasteiger partial charge is 0.232 e. The van der Waals surface area contributed by atoms with Gasteiger partial charge in [0, 0.05) is 35.9 Å². The first kappa shape index (κ1) is 11.6. The third kappa shape index (κ3) is 4.50. The molecule has 0 aliphatic rings. The lowest BCUT2D eigenvalue weighted by Crippen LogP contribution is -2.32. The highest BCUT2D eigenvalue weighted by Crippen LogP contribution is 2.15. The zero-order chi connectivity index (χ0) is 9.99. The highest BCUT2D eigenvalue weighted by atomic mass is 35.7. The van der Waals surface area contributed by atoms with Crippen molar-refractivity contribution in [3.8, 4) is 0 Å². The van der Waals surface area contributed by atoms with Gasteiger partial charge in [0.1, 0.15) is 0 Å². The first-order chi connectivity index (χ1) is 5.15. The second-order valence-corrected chi connectivity index (χ2v) is 5.96. The fourth-order valence-electron chi connectivity index (χ4n) is 0.463. The Kier molecular flexibility index (Phi) is 3.46.